The second-order valence-corrected chi connectivity index (χ2v) is 6.48. The molecule has 4 rings (SSSR count). The number of likely N-dealkylation sites (N-methyl/N-ethyl adjacent to an activating group) is 1. The zero-order chi connectivity index (χ0) is 14.4. The van der Waals surface area contributed by atoms with Crippen molar-refractivity contribution in [2.75, 3.05) is 20.1 Å². The van der Waals surface area contributed by atoms with Crippen LogP contribution in [0.3, 0.4) is 0 Å². The smallest absolute Gasteiger partial charge is 0.145 e. The van der Waals surface area contributed by atoms with E-state index >= 15 is 0 Å². The van der Waals surface area contributed by atoms with Gasteiger partial charge in [-0.1, -0.05) is 48.0 Å². The van der Waals surface area contributed by atoms with Crippen LogP contribution in [0.15, 0.2) is 48.5 Å². The minimum atomic E-state index is -0.311. The van der Waals surface area contributed by atoms with Gasteiger partial charge in [-0.25, -0.2) is 0 Å². The van der Waals surface area contributed by atoms with Crippen LogP contribution in [0.5, 0.6) is 5.75 Å². The Hall–Kier alpha value is -1.22. The summed E-state index contributed by atoms with van der Waals surface area (Å²) in [5.74, 6) is 1.35. The predicted molar refractivity (Wildman–Crippen MR) is 92.3 cm³/mol. The maximum atomic E-state index is 6.50. The number of halogens is 2. The molecule has 2 aliphatic rings. The van der Waals surface area contributed by atoms with E-state index < -0.39 is 0 Å². The lowest BCUT2D eigenvalue weighted by Crippen LogP contribution is -2.47. The van der Waals surface area contributed by atoms with Gasteiger partial charge < -0.3 is 9.64 Å². The number of para-hydroxylation sites is 1. The Morgan fingerprint density at radius 3 is 2.68 bits per heavy atom. The Labute approximate surface area is 142 Å². The molecule has 22 heavy (non-hydrogen) atoms. The molecule has 2 unspecified atom stereocenters. The monoisotopic (exact) mass is 335 g/mol. The van der Waals surface area contributed by atoms with Gasteiger partial charge in [-0.2, -0.15) is 0 Å². The standard InChI is InChI=1S/C18H18ClNO.ClH/c1-20-11-10-18(14-7-3-4-8-16(14)19)15(12-20)13-6-2-5-9-17(13)21-18;/h2-9,15H,10-12H2,1H3;1H. The fourth-order valence-electron chi connectivity index (χ4n) is 3.79. The highest BCUT2D eigenvalue weighted by atomic mass is 35.5. The van der Waals surface area contributed by atoms with Crippen LogP contribution in [0, 0.1) is 0 Å². The number of benzene rings is 2. The van der Waals surface area contributed by atoms with Crippen LogP contribution in [0.25, 0.3) is 0 Å². The summed E-state index contributed by atoms with van der Waals surface area (Å²) in [6.07, 6.45) is 0.965. The Morgan fingerprint density at radius 2 is 1.86 bits per heavy atom. The summed E-state index contributed by atoms with van der Waals surface area (Å²) < 4.78 is 6.50. The van der Waals surface area contributed by atoms with Gasteiger partial charge >= 0.3 is 0 Å². The van der Waals surface area contributed by atoms with E-state index in [2.05, 4.69) is 42.3 Å². The zero-order valence-corrected chi connectivity index (χ0v) is 14.0. The van der Waals surface area contributed by atoms with Crippen LogP contribution in [-0.4, -0.2) is 25.0 Å². The fourth-order valence-corrected chi connectivity index (χ4v) is 4.09. The summed E-state index contributed by atoms with van der Waals surface area (Å²) in [6, 6.07) is 16.5. The SMILES string of the molecule is CN1CCC2(c3ccccc3Cl)Oc3ccccc3C2C1.Cl. The molecule has 0 aliphatic carbocycles. The Bertz CT molecular complexity index is 690. The number of hydrogen-bond donors (Lipinski definition) is 0. The molecule has 2 heterocycles. The van der Waals surface area contributed by atoms with E-state index in [0.29, 0.717) is 5.92 Å². The van der Waals surface area contributed by atoms with Crippen LogP contribution in [0.1, 0.15) is 23.5 Å². The average Bonchev–Trinajstić information content (AvgIpc) is 2.83. The van der Waals surface area contributed by atoms with Crippen molar-refractivity contribution in [3.63, 3.8) is 0 Å². The summed E-state index contributed by atoms with van der Waals surface area (Å²) >= 11 is 6.50. The number of likely N-dealkylation sites (tertiary alicyclic amines) is 1. The second kappa shape index (κ2) is 5.77. The first-order valence-corrected chi connectivity index (χ1v) is 7.80. The van der Waals surface area contributed by atoms with Crippen molar-refractivity contribution in [2.24, 2.45) is 0 Å². The summed E-state index contributed by atoms with van der Waals surface area (Å²) in [4.78, 5) is 2.38. The third-order valence-corrected chi connectivity index (χ3v) is 5.17. The van der Waals surface area contributed by atoms with Crippen LogP contribution < -0.4 is 4.74 Å². The topological polar surface area (TPSA) is 12.5 Å². The van der Waals surface area contributed by atoms with Gasteiger partial charge in [-0.3, -0.25) is 0 Å². The van der Waals surface area contributed by atoms with E-state index in [1.165, 1.54) is 5.56 Å². The largest absolute Gasteiger partial charge is 0.481 e. The maximum absolute atomic E-state index is 6.50. The minimum absolute atomic E-state index is 0. The van der Waals surface area contributed by atoms with Gasteiger partial charge in [-0.05, 0) is 19.2 Å². The Balaban J connectivity index is 0.00000144. The molecule has 4 heteroatoms. The third-order valence-electron chi connectivity index (χ3n) is 4.84. The summed E-state index contributed by atoms with van der Waals surface area (Å²) in [5, 5.41) is 0.805. The quantitative estimate of drug-likeness (QED) is 0.762. The normalized spacial score (nSPS) is 26.5. The lowest BCUT2D eigenvalue weighted by molar-refractivity contribution is 0.00711. The first kappa shape index (κ1) is 15.7. The van der Waals surface area contributed by atoms with E-state index in [1.54, 1.807) is 0 Å². The highest BCUT2D eigenvalue weighted by molar-refractivity contribution is 6.31. The van der Waals surface area contributed by atoms with Gasteiger partial charge in [0.05, 0.1) is 0 Å². The molecule has 116 valence electrons. The van der Waals surface area contributed by atoms with Crippen LogP contribution in [0.2, 0.25) is 5.02 Å². The predicted octanol–water partition coefficient (Wildman–Crippen LogP) is 4.47. The fraction of sp³-hybridized carbons (Fsp3) is 0.333. The van der Waals surface area contributed by atoms with E-state index in [0.717, 1.165) is 35.8 Å². The first-order valence-electron chi connectivity index (χ1n) is 7.42. The van der Waals surface area contributed by atoms with E-state index in [9.17, 15) is 0 Å². The summed E-state index contributed by atoms with van der Waals surface area (Å²) in [5.41, 5.74) is 2.12. The van der Waals surface area contributed by atoms with E-state index in [-0.39, 0.29) is 18.0 Å². The molecule has 2 aliphatic heterocycles. The molecule has 0 amide bonds. The van der Waals surface area contributed by atoms with Gasteiger partial charge in [0, 0.05) is 41.6 Å². The van der Waals surface area contributed by atoms with Crippen LogP contribution >= 0.6 is 24.0 Å². The van der Waals surface area contributed by atoms with Crippen LogP contribution in [0.4, 0.5) is 0 Å². The van der Waals surface area contributed by atoms with Gasteiger partial charge in [0.2, 0.25) is 0 Å². The Morgan fingerprint density at radius 1 is 1.14 bits per heavy atom. The molecule has 0 N–H and O–H groups in total. The molecular formula is C18H19Cl2NO. The molecule has 1 saturated heterocycles. The van der Waals surface area contributed by atoms with Crippen molar-refractivity contribution < 1.29 is 4.74 Å². The minimum Gasteiger partial charge on any atom is -0.481 e. The average molecular weight is 336 g/mol. The number of ether oxygens (including phenoxy) is 1. The maximum Gasteiger partial charge on any atom is 0.145 e. The lowest BCUT2D eigenvalue weighted by Gasteiger charge is -2.42. The van der Waals surface area contributed by atoms with Gasteiger partial charge in [0.25, 0.3) is 0 Å². The van der Waals surface area contributed by atoms with Gasteiger partial charge in [0.15, 0.2) is 0 Å². The molecule has 0 aromatic heterocycles. The van der Waals surface area contributed by atoms with Crippen molar-refractivity contribution in [2.45, 2.75) is 17.9 Å². The lowest BCUT2D eigenvalue weighted by atomic mass is 9.74. The first-order chi connectivity index (χ1) is 10.2. The molecule has 0 spiro atoms. The van der Waals surface area contributed by atoms with Crippen molar-refractivity contribution in [3.8, 4) is 5.75 Å². The third kappa shape index (κ3) is 2.21. The van der Waals surface area contributed by atoms with Crippen molar-refractivity contribution in [3.05, 3.63) is 64.7 Å². The highest BCUT2D eigenvalue weighted by Gasteiger charge is 2.52. The number of hydrogen-bond acceptors (Lipinski definition) is 2. The molecule has 0 saturated carbocycles. The Kier molecular flexibility index (Phi) is 4.11. The van der Waals surface area contributed by atoms with Crippen LogP contribution in [-0.2, 0) is 5.60 Å². The van der Waals surface area contributed by atoms with Crippen molar-refractivity contribution >= 4 is 24.0 Å². The van der Waals surface area contributed by atoms with Crippen molar-refractivity contribution in [1.82, 2.24) is 4.90 Å². The molecule has 2 aromatic carbocycles. The van der Waals surface area contributed by atoms with Crippen molar-refractivity contribution in [1.29, 1.82) is 0 Å². The number of piperidine rings is 1. The molecule has 0 bridgehead atoms. The van der Waals surface area contributed by atoms with Gasteiger partial charge in [0.1, 0.15) is 11.4 Å². The molecule has 2 aromatic rings. The molecular weight excluding hydrogens is 317 g/mol. The summed E-state index contributed by atoms with van der Waals surface area (Å²) in [7, 11) is 2.18. The number of fused-ring (bicyclic) bond motifs is 3. The van der Waals surface area contributed by atoms with Gasteiger partial charge in [-0.15, -0.1) is 12.4 Å². The highest BCUT2D eigenvalue weighted by Crippen LogP contribution is 2.55. The number of rotatable bonds is 1. The second-order valence-electron chi connectivity index (χ2n) is 6.07. The van der Waals surface area contributed by atoms with E-state index in [4.69, 9.17) is 16.3 Å². The molecule has 0 radical (unpaired) electrons. The molecule has 2 nitrogen and oxygen atoms in total. The van der Waals surface area contributed by atoms with E-state index in [1.807, 2.05) is 18.2 Å². The molecule has 1 fully saturated rings. The number of nitrogens with zero attached hydrogens (tertiary/aromatic N) is 1. The summed E-state index contributed by atoms with van der Waals surface area (Å²) in [6.45, 7) is 2.03. The zero-order valence-electron chi connectivity index (χ0n) is 12.5. The molecule has 2 atom stereocenters.